The van der Waals surface area contributed by atoms with Crippen molar-refractivity contribution >= 4 is 0 Å². The summed E-state index contributed by atoms with van der Waals surface area (Å²) < 4.78 is 1.90. The quantitative estimate of drug-likeness (QED) is 0.739. The van der Waals surface area contributed by atoms with Crippen LogP contribution in [0.15, 0.2) is 55.6 Å². The van der Waals surface area contributed by atoms with Gasteiger partial charge in [0.2, 0.25) is 0 Å². The van der Waals surface area contributed by atoms with Gasteiger partial charge in [-0.3, -0.25) is 19.4 Å². The zero-order valence-electron chi connectivity index (χ0n) is 13.5. The van der Waals surface area contributed by atoms with Gasteiger partial charge in [-0.05, 0) is 31.0 Å². The van der Waals surface area contributed by atoms with Crippen LogP contribution in [0.2, 0.25) is 0 Å². The van der Waals surface area contributed by atoms with Crippen molar-refractivity contribution in [1.29, 1.82) is 0 Å². The number of pyridine rings is 1. The normalized spacial score (nSPS) is 18.6. The highest BCUT2D eigenvalue weighted by Crippen LogP contribution is 2.26. The molecule has 3 aromatic rings. The van der Waals surface area contributed by atoms with Crippen molar-refractivity contribution in [2.24, 2.45) is 0 Å². The van der Waals surface area contributed by atoms with Gasteiger partial charge >= 0.3 is 0 Å². The fourth-order valence-electron chi connectivity index (χ4n) is 3.28. The summed E-state index contributed by atoms with van der Waals surface area (Å²) in [6, 6.07) is 4.13. The molecule has 0 spiro atoms. The maximum Gasteiger partial charge on any atom is 0.156 e. The molecule has 3 aromatic heterocycles. The SMILES string of the molecule is c1cncc(CN2CCC[C@H](c3cncc(-n4ccnc4)n3)C2)c1. The van der Waals surface area contributed by atoms with Gasteiger partial charge in [-0.1, -0.05) is 6.07 Å². The summed E-state index contributed by atoms with van der Waals surface area (Å²) >= 11 is 0. The van der Waals surface area contributed by atoms with Gasteiger partial charge in [-0.25, -0.2) is 9.97 Å². The van der Waals surface area contributed by atoms with E-state index in [9.17, 15) is 0 Å². The average molecular weight is 320 g/mol. The third-order valence-electron chi connectivity index (χ3n) is 4.46. The summed E-state index contributed by atoms with van der Waals surface area (Å²) in [6.45, 7) is 3.08. The van der Waals surface area contributed by atoms with E-state index in [1.807, 2.05) is 35.4 Å². The Morgan fingerprint density at radius 3 is 2.92 bits per heavy atom. The molecular weight excluding hydrogens is 300 g/mol. The summed E-state index contributed by atoms with van der Waals surface area (Å²) in [7, 11) is 0. The first-order valence-corrected chi connectivity index (χ1v) is 8.30. The predicted molar refractivity (Wildman–Crippen MR) is 90.6 cm³/mol. The van der Waals surface area contributed by atoms with Gasteiger partial charge in [0.25, 0.3) is 0 Å². The van der Waals surface area contributed by atoms with Crippen LogP contribution in [0.1, 0.15) is 30.0 Å². The monoisotopic (exact) mass is 320 g/mol. The third-order valence-corrected chi connectivity index (χ3v) is 4.46. The molecule has 0 radical (unpaired) electrons. The molecule has 1 atom stereocenters. The molecule has 24 heavy (non-hydrogen) atoms. The molecule has 1 aliphatic heterocycles. The minimum atomic E-state index is 0.423. The average Bonchev–Trinajstić information content (AvgIpc) is 3.18. The van der Waals surface area contributed by atoms with Crippen LogP contribution in [-0.4, -0.2) is 42.5 Å². The second-order valence-electron chi connectivity index (χ2n) is 6.21. The van der Waals surface area contributed by atoms with Crippen molar-refractivity contribution in [3.05, 3.63) is 66.9 Å². The summed E-state index contributed by atoms with van der Waals surface area (Å²) in [5.74, 6) is 1.25. The maximum atomic E-state index is 4.80. The van der Waals surface area contributed by atoms with Crippen LogP contribution in [0, 0.1) is 0 Å². The number of hydrogen-bond acceptors (Lipinski definition) is 5. The highest BCUT2D eigenvalue weighted by atomic mass is 15.1. The highest BCUT2D eigenvalue weighted by Gasteiger charge is 2.23. The summed E-state index contributed by atoms with van der Waals surface area (Å²) in [5.41, 5.74) is 2.33. The van der Waals surface area contributed by atoms with Crippen molar-refractivity contribution in [2.75, 3.05) is 13.1 Å². The van der Waals surface area contributed by atoms with Crippen LogP contribution in [0.4, 0.5) is 0 Å². The fraction of sp³-hybridized carbons (Fsp3) is 0.333. The van der Waals surface area contributed by atoms with Crippen LogP contribution in [0.5, 0.6) is 0 Å². The lowest BCUT2D eigenvalue weighted by Gasteiger charge is -2.32. The molecule has 1 saturated heterocycles. The predicted octanol–water partition coefficient (Wildman–Crippen LogP) is 2.44. The van der Waals surface area contributed by atoms with E-state index in [1.54, 1.807) is 18.7 Å². The zero-order chi connectivity index (χ0) is 16.2. The minimum absolute atomic E-state index is 0.423. The molecular formula is C18H20N6. The van der Waals surface area contributed by atoms with Gasteiger partial charge in [-0.2, -0.15) is 0 Å². The van der Waals surface area contributed by atoms with Gasteiger partial charge in [0.1, 0.15) is 6.33 Å². The Bertz CT molecular complexity index is 771. The Kier molecular flexibility index (Phi) is 4.29. The molecule has 0 N–H and O–H groups in total. The number of imidazole rings is 1. The van der Waals surface area contributed by atoms with E-state index in [1.165, 1.54) is 12.0 Å². The molecule has 0 bridgehead atoms. The maximum absolute atomic E-state index is 4.80. The van der Waals surface area contributed by atoms with Gasteiger partial charge in [0.15, 0.2) is 5.82 Å². The second-order valence-corrected chi connectivity index (χ2v) is 6.21. The van der Waals surface area contributed by atoms with Gasteiger partial charge in [0.05, 0.1) is 11.9 Å². The van der Waals surface area contributed by atoms with Crippen LogP contribution in [0.25, 0.3) is 5.82 Å². The van der Waals surface area contributed by atoms with E-state index in [0.29, 0.717) is 5.92 Å². The first-order valence-electron chi connectivity index (χ1n) is 8.30. The lowest BCUT2D eigenvalue weighted by molar-refractivity contribution is 0.198. The highest BCUT2D eigenvalue weighted by molar-refractivity contribution is 5.21. The van der Waals surface area contributed by atoms with Crippen molar-refractivity contribution in [3.8, 4) is 5.82 Å². The topological polar surface area (TPSA) is 59.7 Å². The van der Waals surface area contributed by atoms with Crippen molar-refractivity contribution in [2.45, 2.75) is 25.3 Å². The van der Waals surface area contributed by atoms with Crippen molar-refractivity contribution in [3.63, 3.8) is 0 Å². The smallest absolute Gasteiger partial charge is 0.156 e. The summed E-state index contributed by atoms with van der Waals surface area (Å²) in [4.78, 5) is 20.0. The molecule has 1 aliphatic rings. The lowest BCUT2D eigenvalue weighted by atomic mass is 9.94. The number of rotatable bonds is 4. The van der Waals surface area contributed by atoms with Crippen LogP contribution < -0.4 is 0 Å². The minimum Gasteiger partial charge on any atom is -0.298 e. The second kappa shape index (κ2) is 6.88. The van der Waals surface area contributed by atoms with Crippen molar-refractivity contribution < 1.29 is 0 Å². The molecule has 0 aliphatic carbocycles. The van der Waals surface area contributed by atoms with Gasteiger partial charge in [-0.15, -0.1) is 0 Å². The molecule has 4 heterocycles. The number of hydrogen-bond donors (Lipinski definition) is 0. The molecule has 6 nitrogen and oxygen atoms in total. The van der Waals surface area contributed by atoms with E-state index >= 15 is 0 Å². The number of nitrogens with zero attached hydrogens (tertiary/aromatic N) is 6. The van der Waals surface area contributed by atoms with E-state index in [4.69, 9.17) is 4.98 Å². The molecule has 0 saturated carbocycles. The van der Waals surface area contributed by atoms with E-state index in [0.717, 1.165) is 37.6 Å². The Labute approximate surface area is 141 Å². The molecule has 4 rings (SSSR count). The molecule has 0 unspecified atom stereocenters. The van der Waals surface area contributed by atoms with E-state index in [-0.39, 0.29) is 0 Å². The van der Waals surface area contributed by atoms with Crippen LogP contribution >= 0.6 is 0 Å². The Morgan fingerprint density at radius 2 is 2.08 bits per heavy atom. The first-order chi connectivity index (χ1) is 11.9. The molecule has 0 aromatic carbocycles. The fourth-order valence-corrected chi connectivity index (χ4v) is 3.28. The van der Waals surface area contributed by atoms with Gasteiger partial charge < -0.3 is 0 Å². The third kappa shape index (κ3) is 3.33. The number of piperidine rings is 1. The number of aromatic nitrogens is 5. The molecule has 122 valence electrons. The van der Waals surface area contributed by atoms with Crippen LogP contribution in [-0.2, 0) is 6.54 Å². The molecule has 6 heteroatoms. The first kappa shape index (κ1) is 15.0. The lowest BCUT2D eigenvalue weighted by Crippen LogP contribution is -2.34. The standard InChI is InChI=1S/C18H20N6/c1-3-15(9-19-5-1)12-23-7-2-4-16(13-23)17-10-21-11-18(22-17)24-8-6-20-14-24/h1,3,5-6,8-11,14,16H,2,4,7,12-13H2/t16-/m0/s1. The van der Waals surface area contributed by atoms with E-state index in [2.05, 4.69) is 25.9 Å². The summed E-state index contributed by atoms with van der Waals surface area (Å²) in [5, 5.41) is 0. The molecule has 0 amide bonds. The van der Waals surface area contributed by atoms with Crippen LogP contribution in [0.3, 0.4) is 0 Å². The Hall–Kier alpha value is -2.60. The van der Waals surface area contributed by atoms with E-state index < -0.39 is 0 Å². The largest absolute Gasteiger partial charge is 0.298 e. The Morgan fingerprint density at radius 1 is 1.08 bits per heavy atom. The van der Waals surface area contributed by atoms with Gasteiger partial charge in [0, 0.05) is 50.0 Å². The van der Waals surface area contributed by atoms with Crippen molar-refractivity contribution in [1.82, 2.24) is 29.4 Å². The zero-order valence-corrected chi connectivity index (χ0v) is 13.5. The Balaban J connectivity index is 1.49. The summed E-state index contributed by atoms with van der Waals surface area (Å²) in [6.07, 6.45) is 15.2. The number of likely N-dealkylation sites (tertiary alicyclic amines) is 1. The molecule has 1 fully saturated rings.